The summed E-state index contributed by atoms with van der Waals surface area (Å²) in [5.74, 6) is 1.20. The number of pyridine rings is 1. The molecule has 0 amide bonds. The van der Waals surface area contributed by atoms with E-state index in [0.29, 0.717) is 18.0 Å². The summed E-state index contributed by atoms with van der Waals surface area (Å²) >= 11 is -0.340. The van der Waals surface area contributed by atoms with Crippen LogP contribution in [0.2, 0.25) is 0 Å². The molecule has 1 aromatic rings. The third-order valence-corrected chi connectivity index (χ3v) is 7.69. The zero-order valence-electron chi connectivity index (χ0n) is 18.0. The number of halogens is 1. The molecule has 6 nitrogen and oxygen atoms in total. The molecule has 1 aliphatic carbocycles. The fourth-order valence-corrected chi connectivity index (χ4v) is 5.65. The summed E-state index contributed by atoms with van der Waals surface area (Å²) < 4.78 is 4.43. The van der Waals surface area contributed by atoms with Crippen molar-refractivity contribution in [1.82, 2.24) is 10.3 Å². The van der Waals surface area contributed by atoms with Crippen LogP contribution in [0.25, 0.3) is 0 Å². The second-order valence-electron chi connectivity index (χ2n) is 8.62. The van der Waals surface area contributed by atoms with Crippen LogP contribution >= 0.6 is 0 Å². The number of alkyl halides is 1. The summed E-state index contributed by atoms with van der Waals surface area (Å²) in [7, 11) is 0. The van der Waals surface area contributed by atoms with E-state index in [1.807, 2.05) is 19.2 Å². The van der Waals surface area contributed by atoms with Gasteiger partial charge in [0.25, 0.3) is 0 Å². The second-order valence-corrected chi connectivity index (χ2v) is 10.1. The summed E-state index contributed by atoms with van der Waals surface area (Å²) in [4.78, 5) is 9.06. The standard InChI is InChI=1S/C22H36IN4O2/c1-4-22(15-28)14-27(11-10-19(22)25-17-8-6-5-7-9-17)20-18(21(29)26-23-3)12-16(2)13-24-20/h12-13,17,19,25,28H,4-11,14-15H2,1-3H3,(H,26,29)/q-1/p+1. The Hall–Kier alpha value is -0.930. The predicted octanol–water partition coefficient (Wildman–Crippen LogP) is -0.615. The number of aliphatic hydroxyl groups excluding tert-OH is 1. The van der Waals surface area contributed by atoms with Gasteiger partial charge < -0.3 is 0 Å². The van der Waals surface area contributed by atoms with Gasteiger partial charge >= 0.3 is 180 Å². The Balaban J connectivity index is 1.84. The Labute approximate surface area is 185 Å². The van der Waals surface area contributed by atoms with Gasteiger partial charge in [0, 0.05) is 0 Å². The fraction of sp³-hybridized carbons (Fsp3) is 0.727. The van der Waals surface area contributed by atoms with E-state index in [0.717, 1.165) is 42.9 Å². The molecule has 2 unspecified atom stereocenters. The molecule has 164 valence electrons. The molecular formula is C22H37IN4O2. The predicted molar refractivity (Wildman–Crippen MR) is 115 cm³/mol. The minimum atomic E-state index is -0.340. The molecule has 2 heterocycles. The Bertz CT molecular complexity index is 702. The normalized spacial score (nSPS) is 26.8. The van der Waals surface area contributed by atoms with Crippen LogP contribution in [0.4, 0.5) is 5.82 Å². The number of hydrogen-bond acceptors (Lipinski definition) is 5. The number of nitrogens with one attached hydrogen (secondary N) is 1. The van der Waals surface area contributed by atoms with E-state index in [-0.39, 0.29) is 33.5 Å². The van der Waals surface area contributed by atoms with Crippen molar-refractivity contribution in [3.05, 3.63) is 23.4 Å². The van der Waals surface area contributed by atoms with Crippen LogP contribution in [0.1, 0.15) is 63.0 Å². The first-order chi connectivity index (χ1) is 14.0. The van der Waals surface area contributed by atoms with Crippen LogP contribution in [0.15, 0.2) is 15.5 Å². The molecule has 0 spiro atoms. The average molecular weight is 516 g/mol. The molecule has 4 N–H and O–H groups in total. The Morgan fingerprint density at radius 3 is 2.79 bits per heavy atom. The van der Waals surface area contributed by atoms with Crippen LogP contribution in [-0.4, -0.2) is 57.8 Å². The molecule has 2 aliphatic rings. The molecule has 1 aromatic heterocycles. The molecule has 3 rings (SSSR count). The summed E-state index contributed by atoms with van der Waals surface area (Å²) in [5.41, 5.74) is 1.69. The van der Waals surface area contributed by atoms with Crippen LogP contribution in [0, 0.1) is 12.3 Å². The van der Waals surface area contributed by atoms with Gasteiger partial charge in [-0.3, -0.25) is 0 Å². The van der Waals surface area contributed by atoms with Crippen molar-refractivity contribution >= 4 is 11.7 Å². The number of aromatic nitrogens is 1. The number of aryl methyl sites for hydroxylation is 1. The van der Waals surface area contributed by atoms with Crippen molar-refractivity contribution in [2.24, 2.45) is 8.62 Å². The molecule has 7 heteroatoms. The van der Waals surface area contributed by atoms with Crippen LogP contribution in [0.3, 0.4) is 0 Å². The molecule has 2 atom stereocenters. The van der Waals surface area contributed by atoms with Gasteiger partial charge in [-0.05, 0) is 0 Å². The fourth-order valence-electron chi connectivity index (χ4n) is 4.90. The number of aliphatic hydroxyl groups is 1. The second kappa shape index (κ2) is 10.4. The molecule has 1 aliphatic heterocycles. The van der Waals surface area contributed by atoms with Gasteiger partial charge in [0.2, 0.25) is 0 Å². The van der Waals surface area contributed by atoms with E-state index in [1.165, 1.54) is 32.1 Å². The van der Waals surface area contributed by atoms with Gasteiger partial charge in [0.05, 0.1) is 0 Å². The first-order valence-electron chi connectivity index (χ1n) is 10.9. The SMILES string of the molecule is CCC1(CO)CN(c2ncc(C)cc2C([OH2+])=N[I-]C)CCC1NC1CCCCC1. The number of piperidine rings is 1. The van der Waals surface area contributed by atoms with E-state index >= 15 is 0 Å². The van der Waals surface area contributed by atoms with Gasteiger partial charge in [-0.1, -0.05) is 6.42 Å². The quantitative estimate of drug-likeness (QED) is 0.167. The Kier molecular flexibility index (Phi) is 8.15. The molecular weight excluding hydrogens is 479 g/mol. The van der Waals surface area contributed by atoms with Crippen LogP contribution in [-0.2, 0) is 0 Å². The molecule has 1 saturated heterocycles. The van der Waals surface area contributed by atoms with E-state index in [1.54, 1.807) is 0 Å². The van der Waals surface area contributed by atoms with E-state index in [4.69, 9.17) is 10.1 Å². The van der Waals surface area contributed by atoms with Crippen LogP contribution < -0.4 is 31.7 Å². The number of hydrogen-bond donors (Lipinski definition) is 2. The van der Waals surface area contributed by atoms with Crippen molar-refractivity contribution in [2.45, 2.75) is 70.9 Å². The van der Waals surface area contributed by atoms with E-state index in [9.17, 15) is 5.11 Å². The van der Waals surface area contributed by atoms with Gasteiger partial charge in [-0.15, -0.1) is 0 Å². The third kappa shape index (κ3) is 5.22. The number of anilines is 1. The topological polar surface area (TPSA) is 83.7 Å². The minimum absolute atomic E-state index is 0.174. The van der Waals surface area contributed by atoms with Gasteiger partial charge in [-0.25, -0.2) is 0 Å². The monoisotopic (exact) mass is 516 g/mol. The summed E-state index contributed by atoms with van der Waals surface area (Å²) in [6, 6.07) is 2.95. The van der Waals surface area contributed by atoms with Crippen molar-refractivity contribution in [2.75, 3.05) is 29.5 Å². The Morgan fingerprint density at radius 1 is 1.38 bits per heavy atom. The van der Waals surface area contributed by atoms with Crippen molar-refractivity contribution in [1.29, 1.82) is 0 Å². The van der Waals surface area contributed by atoms with Crippen molar-refractivity contribution in [3.63, 3.8) is 0 Å². The molecule has 2 fully saturated rings. The summed E-state index contributed by atoms with van der Waals surface area (Å²) in [6.45, 7) is 6.04. The van der Waals surface area contributed by atoms with Crippen LogP contribution in [0.5, 0.6) is 0 Å². The maximum absolute atomic E-state index is 10.5. The molecule has 0 aromatic carbocycles. The molecule has 29 heavy (non-hydrogen) atoms. The summed E-state index contributed by atoms with van der Waals surface area (Å²) in [6.07, 6.45) is 10.3. The van der Waals surface area contributed by atoms with Gasteiger partial charge in [-0.2, -0.15) is 0 Å². The van der Waals surface area contributed by atoms with Crippen molar-refractivity contribution in [3.8, 4) is 0 Å². The van der Waals surface area contributed by atoms with Crippen molar-refractivity contribution < 1.29 is 31.7 Å². The number of nitrogens with zero attached hydrogens (tertiary/aromatic N) is 3. The molecule has 0 radical (unpaired) electrons. The first kappa shape index (κ1) is 22.7. The van der Waals surface area contributed by atoms with Gasteiger partial charge in [0.15, 0.2) is 0 Å². The van der Waals surface area contributed by atoms with E-state index < -0.39 is 0 Å². The maximum atomic E-state index is 10.5. The third-order valence-electron chi connectivity index (χ3n) is 6.72. The molecule has 0 bridgehead atoms. The average Bonchev–Trinajstić information content (AvgIpc) is 2.75. The number of rotatable bonds is 7. The zero-order chi connectivity index (χ0) is 20.9. The summed E-state index contributed by atoms with van der Waals surface area (Å²) in [5, 5.41) is 22.8. The zero-order valence-corrected chi connectivity index (χ0v) is 20.2. The molecule has 1 saturated carbocycles. The Morgan fingerprint density at radius 2 is 2.14 bits per heavy atom. The van der Waals surface area contributed by atoms with Gasteiger partial charge in [0.1, 0.15) is 0 Å². The van der Waals surface area contributed by atoms with E-state index in [2.05, 4.69) is 25.3 Å². The first-order valence-corrected chi connectivity index (χ1v) is 14.0.